The van der Waals surface area contributed by atoms with Crippen LogP contribution in [0.1, 0.15) is 36.0 Å². The molecule has 1 fully saturated rings. The van der Waals surface area contributed by atoms with Crippen LogP contribution in [0.15, 0.2) is 42.1 Å². The van der Waals surface area contributed by atoms with E-state index in [2.05, 4.69) is 0 Å². The molecule has 2 heterocycles. The topological polar surface area (TPSA) is 40.6 Å². The van der Waals surface area contributed by atoms with Crippen LogP contribution < -0.4 is 4.90 Å². The number of carbonyl (C=O) groups is 2. The fourth-order valence-corrected chi connectivity index (χ4v) is 3.96. The Morgan fingerprint density at radius 1 is 0.828 bits per heavy atom. The zero-order chi connectivity index (χ0) is 20.7. The van der Waals surface area contributed by atoms with Gasteiger partial charge in [0.15, 0.2) is 0 Å². The van der Waals surface area contributed by atoms with Gasteiger partial charge in [-0.15, -0.1) is 0 Å². The summed E-state index contributed by atoms with van der Waals surface area (Å²) in [6.07, 6.45) is 2.89. The van der Waals surface area contributed by atoms with Gasteiger partial charge >= 0.3 is 0 Å². The molecule has 0 unspecified atom stereocenters. The largest absolute Gasteiger partial charge is 0.366 e. The number of hydrogen-bond donors (Lipinski definition) is 0. The van der Waals surface area contributed by atoms with Crippen LogP contribution in [0.5, 0.6) is 0 Å². The van der Waals surface area contributed by atoms with Crippen LogP contribution >= 0.6 is 0 Å². The number of hydrogen-bond acceptors (Lipinski definition) is 3. The summed E-state index contributed by atoms with van der Waals surface area (Å²) < 4.78 is 28.2. The fraction of sp³-hybridized carbons (Fsp3) is 0.304. The van der Waals surface area contributed by atoms with Crippen LogP contribution in [-0.4, -0.2) is 29.8 Å². The van der Waals surface area contributed by atoms with Gasteiger partial charge in [0, 0.05) is 19.2 Å². The van der Waals surface area contributed by atoms with Crippen molar-refractivity contribution in [3.8, 4) is 0 Å². The molecule has 0 spiro atoms. The second-order valence-corrected chi connectivity index (χ2v) is 7.61. The van der Waals surface area contributed by atoms with Crippen LogP contribution in [0, 0.1) is 25.5 Å². The highest BCUT2D eigenvalue weighted by molar-refractivity contribution is 6.45. The lowest BCUT2D eigenvalue weighted by Gasteiger charge is -2.29. The predicted molar refractivity (Wildman–Crippen MR) is 107 cm³/mol. The molecule has 4 nitrogen and oxygen atoms in total. The van der Waals surface area contributed by atoms with Crippen molar-refractivity contribution in [1.29, 1.82) is 0 Å². The van der Waals surface area contributed by atoms with Gasteiger partial charge < -0.3 is 4.90 Å². The van der Waals surface area contributed by atoms with Crippen molar-refractivity contribution in [2.24, 2.45) is 0 Å². The van der Waals surface area contributed by atoms with E-state index < -0.39 is 23.4 Å². The smallest absolute Gasteiger partial charge is 0.282 e. The molecule has 0 radical (unpaired) electrons. The molecule has 2 amide bonds. The van der Waals surface area contributed by atoms with Gasteiger partial charge in [-0.25, -0.2) is 13.7 Å². The van der Waals surface area contributed by atoms with Gasteiger partial charge in [0.1, 0.15) is 17.3 Å². The molecule has 150 valence electrons. The van der Waals surface area contributed by atoms with Crippen molar-refractivity contribution in [1.82, 2.24) is 4.90 Å². The first-order valence-corrected chi connectivity index (χ1v) is 9.79. The summed E-state index contributed by atoms with van der Waals surface area (Å²) in [7, 11) is 0. The van der Waals surface area contributed by atoms with Gasteiger partial charge in [-0.2, -0.15) is 0 Å². The third-order valence-corrected chi connectivity index (χ3v) is 5.68. The maximum absolute atomic E-state index is 14.4. The van der Waals surface area contributed by atoms with Crippen LogP contribution in [0.2, 0.25) is 0 Å². The summed E-state index contributed by atoms with van der Waals surface area (Å²) in [6.45, 7) is 5.21. The van der Waals surface area contributed by atoms with Crippen molar-refractivity contribution in [2.45, 2.75) is 33.1 Å². The van der Waals surface area contributed by atoms with E-state index in [-0.39, 0.29) is 17.0 Å². The molecule has 6 heteroatoms. The molecule has 0 N–H and O–H groups in total. The van der Waals surface area contributed by atoms with E-state index in [1.165, 1.54) is 0 Å². The number of imide groups is 1. The summed E-state index contributed by atoms with van der Waals surface area (Å²) in [4.78, 5) is 29.4. The van der Waals surface area contributed by atoms with Gasteiger partial charge in [0.25, 0.3) is 11.8 Å². The lowest BCUT2D eigenvalue weighted by Crippen LogP contribution is -2.37. The molecular formula is C23H22F2N2O2. The minimum atomic E-state index is -0.813. The van der Waals surface area contributed by atoms with Crippen LogP contribution in [0.25, 0.3) is 5.57 Å². The Kier molecular flexibility index (Phi) is 4.94. The number of rotatable bonds is 3. The maximum Gasteiger partial charge on any atom is 0.282 e. The molecule has 2 aromatic carbocycles. The number of amides is 2. The summed E-state index contributed by atoms with van der Waals surface area (Å²) >= 11 is 0. The first-order valence-electron chi connectivity index (χ1n) is 9.79. The Hall–Kier alpha value is -3.02. The zero-order valence-corrected chi connectivity index (χ0v) is 16.5. The third kappa shape index (κ3) is 3.33. The summed E-state index contributed by atoms with van der Waals surface area (Å²) in [5, 5.41) is 0. The van der Waals surface area contributed by atoms with Gasteiger partial charge in [-0.3, -0.25) is 9.59 Å². The standard InChI is InChI=1S/C23H22F2N2O2/c1-14-6-7-16(12-15(14)2)20-21(26-10-4-3-5-11-26)23(29)27(22(20)28)19-13-17(24)8-9-18(19)25/h6-9,12-13H,3-5,10-11H2,1-2H3. The van der Waals surface area contributed by atoms with E-state index in [1.54, 1.807) is 6.07 Å². The van der Waals surface area contributed by atoms with Crippen molar-refractivity contribution >= 4 is 23.1 Å². The van der Waals surface area contributed by atoms with Crippen LogP contribution in [-0.2, 0) is 9.59 Å². The quantitative estimate of drug-likeness (QED) is 0.724. The lowest BCUT2D eigenvalue weighted by molar-refractivity contribution is -0.120. The number of aryl methyl sites for hydroxylation is 2. The number of carbonyl (C=O) groups excluding carboxylic acids is 2. The SMILES string of the molecule is Cc1ccc(C2=C(N3CCCCC3)C(=O)N(c3cc(F)ccc3F)C2=O)cc1C. The average Bonchev–Trinajstić information content (AvgIpc) is 2.97. The summed E-state index contributed by atoms with van der Waals surface area (Å²) in [6, 6.07) is 8.35. The zero-order valence-electron chi connectivity index (χ0n) is 16.5. The maximum atomic E-state index is 14.4. The molecule has 0 aliphatic carbocycles. The first kappa shape index (κ1) is 19.3. The third-order valence-electron chi connectivity index (χ3n) is 5.68. The minimum absolute atomic E-state index is 0.253. The fourth-order valence-electron chi connectivity index (χ4n) is 3.96. The minimum Gasteiger partial charge on any atom is -0.366 e. The highest BCUT2D eigenvalue weighted by Gasteiger charge is 2.43. The van der Waals surface area contributed by atoms with E-state index in [0.717, 1.165) is 53.5 Å². The number of anilines is 1. The van der Waals surface area contributed by atoms with Gasteiger partial charge in [-0.05, 0) is 61.9 Å². The second-order valence-electron chi connectivity index (χ2n) is 7.61. The van der Waals surface area contributed by atoms with Crippen LogP contribution in [0.3, 0.4) is 0 Å². The second kappa shape index (κ2) is 7.43. The Bertz CT molecular complexity index is 1040. The van der Waals surface area contributed by atoms with Crippen molar-refractivity contribution in [3.63, 3.8) is 0 Å². The first-order chi connectivity index (χ1) is 13.9. The Morgan fingerprint density at radius 2 is 1.55 bits per heavy atom. The lowest BCUT2D eigenvalue weighted by atomic mass is 9.98. The molecule has 0 atom stereocenters. The summed E-state index contributed by atoms with van der Waals surface area (Å²) in [5.41, 5.74) is 2.85. The number of halogens is 2. The van der Waals surface area contributed by atoms with E-state index in [1.807, 2.05) is 30.9 Å². The van der Waals surface area contributed by atoms with Crippen molar-refractivity contribution < 1.29 is 18.4 Å². The normalized spacial score (nSPS) is 17.5. The molecule has 29 heavy (non-hydrogen) atoms. The number of piperidine rings is 1. The summed E-state index contributed by atoms with van der Waals surface area (Å²) in [5.74, 6) is -2.74. The van der Waals surface area contributed by atoms with Gasteiger partial charge in [0.2, 0.25) is 0 Å². The molecule has 2 aliphatic rings. The van der Waals surface area contributed by atoms with Gasteiger partial charge in [0.05, 0.1) is 11.3 Å². The van der Waals surface area contributed by atoms with Crippen LogP contribution in [0.4, 0.5) is 14.5 Å². The van der Waals surface area contributed by atoms with Crippen molar-refractivity contribution in [3.05, 3.63) is 70.4 Å². The Labute approximate surface area is 168 Å². The molecule has 4 rings (SSSR count). The monoisotopic (exact) mass is 396 g/mol. The van der Waals surface area contributed by atoms with E-state index in [4.69, 9.17) is 0 Å². The molecular weight excluding hydrogens is 374 g/mol. The molecule has 1 saturated heterocycles. The molecule has 2 aliphatic heterocycles. The predicted octanol–water partition coefficient (Wildman–Crippen LogP) is 4.35. The molecule has 0 saturated carbocycles. The van der Waals surface area contributed by atoms with E-state index in [0.29, 0.717) is 18.7 Å². The highest BCUT2D eigenvalue weighted by Crippen LogP contribution is 2.37. The highest BCUT2D eigenvalue weighted by atomic mass is 19.1. The van der Waals surface area contributed by atoms with E-state index >= 15 is 0 Å². The Balaban J connectivity index is 1.87. The molecule has 2 aromatic rings. The Morgan fingerprint density at radius 3 is 2.24 bits per heavy atom. The molecule has 0 aromatic heterocycles. The number of benzene rings is 2. The number of nitrogens with zero attached hydrogens (tertiary/aromatic N) is 2. The van der Waals surface area contributed by atoms with Crippen molar-refractivity contribution in [2.75, 3.05) is 18.0 Å². The van der Waals surface area contributed by atoms with E-state index in [9.17, 15) is 18.4 Å². The molecule has 0 bridgehead atoms. The van der Waals surface area contributed by atoms with Gasteiger partial charge in [-0.1, -0.05) is 18.2 Å². The number of likely N-dealkylation sites (tertiary alicyclic amines) is 1. The average molecular weight is 396 g/mol.